The van der Waals surface area contributed by atoms with E-state index in [9.17, 15) is 0 Å². The molecule has 0 spiro atoms. The summed E-state index contributed by atoms with van der Waals surface area (Å²) < 4.78 is 5.78. The fourth-order valence-corrected chi connectivity index (χ4v) is 2.21. The first-order chi connectivity index (χ1) is 4.54. The molecule has 2 saturated heterocycles. The molecule has 1 heteroatoms. The molecule has 0 N–H and O–H groups in total. The van der Waals surface area contributed by atoms with Gasteiger partial charge in [0.2, 0.25) is 0 Å². The fraction of sp³-hybridized carbons (Fsp3) is 1.00. The average Bonchev–Trinajstić information content (AvgIpc) is 2.08. The van der Waals surface area contributed by atoms with Crippen molar-refractivity contribution < 1.29 is 4.74 Å². The lowest BCUT2D eigenvalue weighted by atomic mass is 9.62. The highest BCUT2D eigenvalue weighted by atomic mass is 16.5. The van der Waals surface area contributed by atoms with Crippen LogP contribution in [0.1, 0.15) is 33.6 Å². The van der Waals surface area contributed by atoms with E-state index in [1.54, 1.807) is 0 Å². The van der Waals surface area contributed by atoms with Crippen LogP contribution < -0.4 is 0 Å². The summed E-state index contributed by atoms with van der Waals surface area (Å²) in [7, 11) is 0. The largest absolute Gasteiger partial charge is 0.374 e. The van der Waals surface area contributed by atoms with Crippen molar-refractivity contribution in [2.24, 2.45) is 11.3 Å². The molecule has 3 fully saturated rings. The molecule has 2 bridgehead atoms. The van der Waals surface area contributed by atoms with Crippen molar-refractivity contribution in [1.29, 1.82) is 0 Å². The lowest BCUT2D eigenvalue weighted by molar-refractivity contribution is -0.0865. The molecule has 3 rings (SSSR count). The van der Waals surface area contributed by atoms with Crippen LogP contribution in [-0.2, 0) is 4.74 Å². The van der Waals surface area contributed by atoms with E-state index in [0.717, 1.165) is 12.5 Å². The normalized spacial score (nSPS) is 45.3. The van der Waals surface area contributed by atoms with Gasteiger partial charge in [0.05, 0.1) is 12.2 Å². The van der Waals surface area contributed by atoms with Gasteiger partial charge in [0.25, 0.3) is 0 Å². The molecule has 1 nitrogen and oxygen atoms in total. The predicted octanol–water partition coefficient (Wildman–Crippen LogP) is 2.21. The van der Waals surface area contributed by atoms with Crippen LogP contribution in [0, 0.1) is 11.3 Å². The van der Waals surface area contributed by atoms with Gasteiger partial charge >= 0.3 is 0 Å². The van der Waals surface area contributed by atoms with Crippen LogP contribution in [0.4, 0.5) is 0 Å². The van der Waals surface area contributed by atoms with Gasteiger partial charge in [-0.2, -0.15) is 0 Å². The number of hydrogen-bond acceptors (Lipinski definition) is 1. The van der Waals surface area contributed by atoms with Gasteiger partial charge in [-0.15, -0.1) is 0 Å². The molecular weight excluding hydrogens is 124 g/mol. The topological polar surface area (TPSA) is 9.23 Å². The van der Waals surface area contributed by atoms with Crippen molar-refractivity contribution >= 4 is 0 Å². The van der Waals surface area contributed by atoms with Crippen molar-refractivity contribution in [3.63, 3.8) is 0 Å². The van der Waals surface area contributed by atoms with Gasteiger partial charge < -0.3 is 4.74 Å². The molecule has 0 atom stereocenters. The van der Waals surface area contributed by atoms with E-state index in [4.69, 9.17) is 4.74 Å². The molecule has 0 aromatic heterocycles. The highest BCUT2D eigenvalue weighted by molar-refractivity contribution is 5.07. The van der Waals surface area contributed by atoms with E-state index >= 15 is 0 Å². The van der Waals surface area contributed by atoms with Crippen molar-refractivity contribution in [2.45, 2.75) is 39.2 Å². The van der Waals surface area contributed by atoms with E-state index in [0.29, 0.717) is 5.41 Å². The van der Waals surface area contributed by atoms with Gasteiger partial charge in [0, 0.05) is 0 Å². The Bertz CT molecular complexity index is 143. The van der Waals surface area contributed by atoms with Gasteiger partial charge in [-0.1, -0.05) is 20.8 Å². The predicted molar refractivity (Wildman–Crippen MR) is 40.9 cm³/mol. The molecule has 58 valence electrons. The van der Waals surface area contributed by atoms with Gasteiger partial charge in [0.1, 0.15) is 0 Å². The summed E-state index contributed by atoms with van der Waals surface area (Å²) in [4.78, 5) is 0. The van der Waals surface area contributed by atoms with E-state index in [-0.39, 0.29) is 5.60 Å². The Balaban J connectivity index is 2.18. The summed E-state index contributed by atoms with van der Waals surface area (Å²) in [5, 5.41) is 0. The first-order valence-corrected chi connectivity index (χ1v) is 4.17. The summed E-state index contributed by atoms with van der Waals surface area (Å²) in [5.41, 5.74) is 0.637. The zero-order chi connectivity index (χ0) is 7.41. The lowest BCUT2D eigenvalue weighted by Gasteiger charge is -2.46. The molecule has 0 unspecified atom stereocenters. The third-order valence-electron chi connectivity index (χ3n) is 3.20. The minimum Gasteiger partial charge on any atom is -0.374 e. The number of fused-ring (bicyclic) bond motifs is 1. The first kappa shape index (κ1) is 6.66. The van der Waals surface area contributed by atoms with Gasteiger partial charge in [-0.3, -0.25) is 0 Å². The second-order valence-corrected chi connectivity index (χ2v) is 4.83. The van der Waals surface area contributed by atoms with Crippen LogP contribution in [0.5, 0.6) is 0 Å². The fourth-order valence-electron chi connectivity index (χ4n) is 2.21. The van der Waals surface area contributed by atoms with Crippen molar-refractivity contribution in [3.8, 4) is 0 Å². The average molecular weight is 140 g/mol. The van der Waals surface area contributed by atoms with Crippen molar-refractivity contribution in [2.75, 3.05) is 6.61 Å². The Hall–Kier alpha value is -0.0400. The molecular formula is C9H16O. The second-order valence-electron chi connectivity index (χ2n) is 4.83. The molecule has 0 aromatic rings. The van der Waals surface area contributed by atoms with Crippen LogP contribution in [0.3, 0.4) is 0 Å². The molecule has 0 radical (unpaired) electrons. The van der Waals surface area contributed by atoms with Crippen LogP contribution in [0.2, 0.25) is 0 Å². The highest BCUT2D eigenvalue weighted by Crippen LogP contribution is 2.57. The maximum absolute atomic E-state index is 5.78. The van der Waals surface area contributed by atoms with Gasteiger partial charge in [-0.05, 0) is 24.2 Å². The number of rotatable bonds is 0. The van der Waals surface area contributed by atoms with Gasteiger partial charge in [-0.25, -0.2) is 0 Å². The summed E-state index contributed by atoms with van der Waals surface area (Å²) >= 11 is 0. The van der Waals surface area contributed by atoms with E-state index < -0.39 is 0 Å². The van der Waals surface area contributed by atoms with Crippen LogP contribution in [-0.4, -0.2) is 12.2 Å². The minimum atomic E-state index is 0.275. The standard InChI is InChI=1S/C9H16O/c1-8(2,3)9-4-7(5-9)6-10-9/h7H,4-6H2,1-3H3. The van der Waals surface area contributed by atoms with E-state index in [1.807, 2.05) is 0 Å². The Morgan fingerprint density at radius 2 is 1.90 bits per heavy atom. The molecule has 1 aliphatic carbocycles. The van der Waals surface area contributed by atoms with E-state index in [1.165, 1.54) is 12.8 Å². The Labute approximate surface area is 62.8 Å². The molecule has 10 heavy (non-hydrogen) atoms. The molecule has 2 heterocycles. The number of hydrogen-bond donors (Lipinski definition) is 0. The summed E-state index contributed by atoms with van der Waals surface area (Å²) in [6, 6.07) is 0. The zero-order valence-corrected chi connectivity index (χ0v) is 7.11. The van der Waals surface area contributed by atoms with Crippen LogP contribution in [0.15, 0.2) is 0 Å². The monoisotopic (exact) mass is 140 g/mol. The molecule has 1 saturated carbocycles. The van der Waals surface area contributed by atoms with Crippen LogP contribution in [0.25, 0.3) is 0 Å². The summed E-state index contributed by atoms with van der Waals surface area (Å²) in [6.45, 7) is 7.88. The van der Waals surface area contributed by atoms with Crippen molar-refractivity contribution in [3.05, 3.63) is 0 Å². The molecule has 3 aliphatic rings. The maximum atomic E-state index is 5.78. The van der Waals surface area contributed by atoms with Crippen LogP contribution >= 0.6 is 0 Å². The molecule has 0 aromatic carbocycles. The maximum Gasteiger partial charge on any atom is 0.0737 e. The smallest absolute Gasteiger partial charge is 0.0737 e. The SMILES string of the molecule is CC(C)(C)C12CC(CO1)C2. The highest BCUT2D eigenvalue weighted by Gasteiger charge is 2.58. The third kappa shape index (κ3) is 0.619. The Morgan fingerprint density at radius 3 is 2.10 bits per heavy atom. The third-order valence-corrected chi connectivity index (χ3v) is 3.20. The second kappa shape index (κ2) is 1.58. The Morgan fingerprint density at radius 1 is 1.30 bits per heavy atom. The zero-order valence-electron chi connectivity index (χ0n) is 7.11. The number of ether oxygens (including phenoxy) is 1. The molecule has 2 aliphatic heterocycles. The Kier molecular flexibility index (Phi) is 1.05. The van der Waals surface area contributed by atoms with E-state index in [2.05, 4.69) is 20.8 Å². The van der Waals surface area contributed by atoms with Gasteiger partial charge in [0.15, 0.2) is 0 Å². The first-order valence-electron chi connectivity index (χ1n) is 4.17. The summed E-state index contributed by atoms with van der Waals surface area (Å²) in [6.07, 6.45) is 2.63. The molecule has 0 amide bonds. The minimum absolute atomic E-state index is 0.275. The summed E-state index contributed by atoms with van der Waals surface area (Å²) in [5.74, 6) is 0.902. The quantitative estimate of drug-likeness (QED) is 0.501. The lowest BCUT2D eigenvalue weighted by Crippen LogP contribution is -2.47. The van der Waals surface area contributed by atoms with Crippen molar-refractivity contribution in [1.82, 2.24) is 0 Å².